The molecule has 0 saturated heterocycles. The Morgan fingerprint density at radius 3 is 3.12 bits per heavy atom. The molecular formula is C15H21NS. The molecule has 1 nitrogen and oxygen atoms in total. The zero-order valence-electron chi connectivity index (χ0n) is 10.6. The van der Waals surface area contributed by atoms with E-state index in [0.29, 0.717) is 6.04 Å². The van der Waals surface area contributed by atoms with Crippen molar-refractivity contribution in [1.29, 1.82) is 0 Å². The number of thiophene rings is 1. The average molecular weight is 247 g/mol. The van der Waals surface area contributed by atoms with Crippen LogP contribution in [0.5, 0.6) is 0 Å². The molecule has 2 rings (SSSR count). The van der Waals surface area contributed by atoms with Gasteiger partial charge in [0.05, 0.1) is 0 Å². The highest BCUT2D eigenvalue weighted by molar-refractivity contribution is 7.12. The molecule has 2 heteroatoms. The van der Waals surface area contributed by atoms with E-state index in [4.69, 9.17) is 6.42 Å². The second-order valence-corrected chi connectivity index (χ2v) is 5.87. The van der Waals surface area contributed by atoms with Crippen LogP contribution < -0.4 is 5.32 Å². The first-order valence-electron chi connectivity index (χ1n) is 6.63. The third-order valence-electron chi connectivity index (χ3n) is 3.33. The highest BCUT2D eigenvalue weighted by atomic mass is 32.1. The van der Waals surface area contributed by atoms with Gasteiger partial charge in [0.25, 0.3) is 0 Å². The zero-order valence-corrected chi connectivity index (χ0v) is 11.4. The fourth-order valence-corrected chi connectivity index (χ4v) is 3.78. The summed E-state index contributed by atoms with van der Waals surface area (Å²) >= 11 is 2.00. The van der Waals surface area contributed by atoms with E-state index in [1.54, 1.807) is 10.4 Å². The molecule has 0 amide bonds. The first kappa shape index (κ1) is 12.7. The number of aryl methyl sites for hydroxylation is 2. The third-order valence-corrected chi connectivity index (χ3v) is 4.68. The maximum absolute atomic E-state index is 5.38. The van der Waals surface area contributed by atoms with E-state index >= 15 is 0 Å². The van der Waals surface area contributed by atoms with Crippen LogP contribution in [0.25, 0.3) is 0 Å². The molecule has 92 valence electrons. The molecule has 1 aromatic rings. The molecule has 0 aromatic carbocycles. The van der Waals surface area contributed by atoms with Gasteiger partial charge in [0, 0.05) is 22.2 Å². The molecule has 1 atom stereocenters. The summed E-state index contributed by atoms with van der Waals surface area (Å²) in [5, 5.41) is 3.62. The Bertz CT molecular complexity index is 378. The molecule has 0 saturated carbocycles. The van der Waals surface area contributed by atoms with Crippen molar-refractivity contribution < 1.29 is 0 Å². The molecule has 0 bridgehead atoms. The number of hydrogen-bond acceptors (Lipinski definition) is 2. The smallest absolute Gasteiger partial charge is 0.0424 e. The molecule has 1 N–H and O–H groups in total. The monoisotopic (exact) mass is 247 g/mol. The minimum atomic E-state index is 0.474. The number of rotatable bonds is 6. The third kappa shape index (κ3) is 3.12. The number of hydrogen-bond donors (Lipinski definition) is 1. The fraction of sp³-hybridized carbons (Fsp3) is 0.600. The van der Waals surface area contributed by atoms with Crippen molar-refractivity contribution in [1.82, 2.24) is 5.32 Å². The molecule has 1 heterocycles. The molecule has 0 radical (unpaired) electrons. The maximum atomic E-state index is 5.38. The van der Waals surface area contributed by atoms with Crippen molar-refractivity contribution in [3.63, 3.8) is 0 Å². The minimum Gasteiger partial charge on any atom is -0.309 e. The van der Waals surface area contributed by atoms with Gasteiger partial charge in [-0.1, -0.05) is 6.92 Å². The minimum absolute atomic E-state index is 0.474. The van der Waals surface area contributed by atoms with E-state index in [-0.39, 0.29) is 0 Å². The van der Waals surface area contributed by atoms with Crippen LogP contribution in [-0.4, -0.2) is 6.54 Å². The van der Waals surface area contributed by atoms with Crippen LogP contribution in [0, 0.1) is 12.3 Å². The summed E-state index contributed by atoms with van der Waals surface area (Å²) in [4.78, 5) is 3.11. The highest BCUT2D eigenvalue weighted by Crippen LogP contribution is 2.35. The van der Waals surface area contributed by atoms with Crippen LogP contribution in [0.2, 0.25) is 0 Å². The second kappa shape index (κ2) is 6.23. The van der Waals surface area contributed by atoms with Crippen molar-refractivity contribution >= 4 is 11.3 Å². The van der Waals surface area contributed by atoms with Crippen molar-refractivity contribution in [2.45, 2.75) is 51.5 Å². The fourth-order valence-electron chi connectivity index (χ4n) is 2.41. The molecule has 1 unspecified atom stereocenters. The predicted octanol–water partition coefficient (Wildman–Crippen LogP) is 3.69. The molecule has 1 aliphatic carbocycles. The number of fused-ring (bicyclic) bond motifs is 1. The van der Waals surface area contributed by atoms with Crippen molar-refractivity contribution in [2.75, 3.05) is 6.54 Å². The van der Waals surface area contributed by atoms with Gasteiger partial charge in [-0.05, 0) is 50.3 Å². The predicted molar refractivity (Wildman–Crippen MR) is 75.4 cm³/mol. The first-order chi connectivity index (χ1) is 8.35. The van der Waals surface area contributed by atoms with Gasteiger partial charge in [-0.25, -0.2) is 0 Å². The Morgan fingerprint density at radius 2 is 2.41 bits per heavy atom. The lowest BCUT2D eigenvalue weighted by Gasteiger charge is -2.15. The average Bonchev–Trinajstić information content (AvgIpc) is 2.89. The molecule has 17 heavy (non-hydrogen) atoms. The lowest BCUT2D eigenvalue weighted by atomic mass is 10.1. The number of terminal acetylenes is 1. The number of nitrogens with one attached hydrogen (secondary N) is 1. The van der Waals surface area contributed by atoms with E-state index in [2.05, 4.69) is 24.2 Å². The molecular weight excluding hydrogens is 226 g/mol. The van der Waals surface area contributed by atoms with E-state index in [1.165, 1.54) is 30.6 Å². The van der Waals surface area contributed by atoms with Crippen molar-refractivity contribution in [2.24, 2.45) is 0 Å². The zero-order chi connectivity index (χ0) is 12.1. The van der Waals surface area contributed by atoms with Crippen LogP contribution in [0.3, 0.4) is 0 Å². The Labute approximate surface area is 109 Å². The van der Waals surface area contributed by atoms with Crippen molar-refractivity contribution in [3.05, 3.63) is 21.4 Å². The summed E-state index contributed by atoms with van der Waals surface area (Å²) in [5.41, 5.74) is 1.59. The SMILES string of the molecule is C#CCCC(NCCC)c1cc2c(s1)CCC2. The Balaban J connectivity index is 2.05. The lowest BCUT2D eigenvalue weighted by molar-refractivity contribution is 0.512. The largest absolute Gasteiger partial charge is 0.309 e. The topological polar surface area (TPSA) is 12.0 Å². The lowest BCUT2D eigenvalue weighted by Crippen LogP contribution is -2.21. The summed E-state index contributed by atoms with van der Waals surface area (Å²) in [6.45, 7) is 3.29. The van der Waals surface area contributed by atoms with Crippen molar-refractivity contribution in [3.8, 4) is 12.3 Å². The Morgan fingerprint density at radius 1 is 1.53 bits per heavy atom. The van der Waals surface area contributed by atoms with Gasteiger partial charge in [0.2, 0.25) is 0 Å². The van der Waals surface area contributed by atoms with Gasteiger partial charge < -0.3 is 5.32 Å². The summed E-state index contributed by atoms with van der Waals surface area (Å²) in [6.07, 6.45) is 12.4. The molecule has 0 aliphatic heterocycles. The van der Waals surface area contributed by atoms with Gasteiger partial charge >= 0.3 is 0 Å². The van der Waals surface area contributed by atoms with E-state index in [0.717, 1.165) is 19.4 Å². The van der Waals surface area contributed by atoms with Crippen LogP contribution >= 0.6 is 11.3 Å². The standard InChI is InChI=1S/C15H21NS/c1-3-5-8-13(16-10-4-2)15-11-12-7-6-9-14(12)17-15/h1,11,13,16H,4-10H2,2H3. The van der Waals surface area contributed by atoms with Gasteiger partial charge in [0.1, 0.15) is 0 Å². The Hall–Kier alpha value is -0.780. The normalized spacial score (nSPS) is 15.5. The van der Waals surface area contributed by atoms with Gasteiger partial charge in [-0.15, -0.1) is 23.7 Å². The summed E-state index contributed by atoms with van der Waals surface area (Å²) in [6, 6.07) is 2.89. The molecule has 1 aliphatic rings. The Kier molecular flexibility index (Phi) is 4.65. The van der Waals surface area contributed by atoms with Gasteiger partial charge in [0.15, 0.2) is 0 Å². The summed E-state index contributed by atoms with van der Waals surface area (Å²) < 4.78 is 0. The maximum Gasteiger partial charge on any atom is 0.0424 e. The highest BCUT2D eigenvalue weighted by Gasteiger charge is 2.19. The molecule has 0 spiro atoms. The van der Waals surface area contributed by atoms with E-state index in [9.17, 15) is 0 Å². The molecule has 0 fully saturated rings. The van der Waals surface area contributed by atoms with Gasteiger partial charge in [-0.3, -0.25) is 0 Å². The molecule has 1 aromatic heterocycles. The van der Waals surface area contributed by atoms with Crippen LogP contribution in [0.4, 0.5) is 0 Å². The quantitative estimate of drug-likeness (QED) is 0.756. The second-order valence-electron chi connectivity index (χ2n) is 4.70. The van der Waals surface area contributed by atoms with Crippen LogP contribution in [-0.2, 0) is 12.8 Å². The van der Waals surface area contributed by atoms with Gasteiger partial charge in [-0.2, -0.15) is 0 Å². The van der Waals surface area contributed by atoms with E-state index in [1.807, 2.05) is 11.3 Å². The first-order valence-corrected chi connectivity index (χ1v) is 7.45. The summed E-state index contributed by atoms with van der Waals surface area (Å²) in [5.74, 6) is 2.76. The van der Waals surface area contributed by atoms with E-state index < -0.39 is 0 Å². The summed E-state index contributed by atoms with van der Waals surface area (Å²) in [7, 11) is 0. The van der Waals surface area contributed by atoms with Crippen LogP contribution in [0.1, 0.15) is 54.0 Å². The van der Waals surface area contributed by atoms with Crippen LogP contribution in [0.15, 0.2) is 6.07 Å².